The van der Waals surface area contributed by atoms with Gasteiger partial charge >= 0.3 is 0 Å². The Balaban J connectivity index is 1.94. The van der Waals surface area contributed by atoms with Crippen LogP contribution in [0.5, 0.6) is 5.75 Å². The third-order valence-corrected chi connectivity index (χ3v) is 2.92. The molecule has 0 atom stereocenters. The molecule has 0 radical (unpaired) electrons. The number of nitrogens with two attached hydrogens (primary N) is 1. The number of rotatable bonds is 7. The molecule has 0 saturated carbocycles. The molecule has 0 amide bonds. The molecule has 1 heterocycles. The molecule has 0 fully saturated rings. The van der Waals surface area contributed by atoms with Gasteiger partial charge in [0.1, 0.15) is 18.7 Å². The lowest BCUT2D eigenvalue weighted by Crippen LogP contribution is -2.13. The normalized spacial score (nSPS) is 10.8. The second-order valence-electron chi connectivity index (χ2n) is 5.39. The molecule has 0 saturated heterocycles. The standard InChI is InChI=1S/C15H21N5O/c1-11(2)8-20-15(18-10-19-20)9-21-13-5-3-12(4-6-13)7-14(16)17/h3-6,10-11H,7-9H2,1-2H3,(H3,16,17). The van der Waals surface area contributed by atoms with E-state index in [9.17, 15) is 0 Å². The van der Waals surface area contributed by atoms with E-state index in [1.54, 1.807) is 6.33 Å². The maximum absolute atomic E-state index is 7.27. The molecule has 0 aliphatic heterocycles. The van der Waals surface area contributed by atoms with Gasteiger partial charge in [-0.3, -0.25) is 5.41 Å². The van der Waals surface area contributed by atoms with E-state index in [-0.39, 0.29) is 5.84 Å². The van der Waals surface area contributed by atoms with Gasteiger partial charge < -0.3 is 10.5 Å². The molecule has 2 aromatic rings. The summed E-state index contributed by atoms with van der Waals surface area (Å²) in [4.78, 5) is 4.22. The number of nitrogens with one attached hydrogen (secondary N) is 1. The zero-order valence-corrected chi connectivity index (χ0v) is 12.4. The number of hydrogen-bond acceptors (Lipinski definition) is 4. The first kappa shape index (κ1) is 15.0. The molecule has 112 valence electrons. The van der Waals surface area contributed by atoms with E-state index in [0.29, 0.717) is 18.9 Å². The van der Waals surface area contributed by atoms with Gasteiger partial charge in [-0.2, -0.15) is 5.10 Å². The van der Waals surface area contributed by atoms with Crippen molar-refractivity contribution in [2.75, 3.05) is 0 Å². The summed E-state index contributed by atoms with van der Waals surface area (Å²) in [7, 11) is 0. The van der Waals surface area contributed by atoms with Crippen LogP contribution in [0.4, 0.5) is 0 Å². The Morgan fingerprint density at radius 2 is 2.05 bits per heavy atom. The van der Waals surface area contributed by atoms with Gasteiger partial charge in [-0.1, -0.05) is 26.0 Å². The van der Waals surface area contributed by atoms with Gasteiger partial charge in [0.2, 0.25) is 0 Å². The van der Waals surface area contributed by atoms with Crippen LogP contribution < -0.4 is 10.5 Å². The predicted molar refractivity (Wildman–Crippen MR) is 81.3 cm³/mol. The second-order valence-corrected chi connectivity index (χ2v) is 5.39. The first-order valence-electron chi connectivity index (χ1n) is 6.96. The fourth-order valence-electron chi connectivity index (χ4n) is 1.97. The van der Waals surface area contributed by atoms with E-state index >= 15 is 0 Å². The molecular formula is C15H21N5O. The van der Waals surface area contributed by atoms with E-state index < -0.39 is 0 Å². The zero-order chi connectivity index (χ0) is 15.2. The Morgan fingerprint density at radius 1 is 1.33 bits per heavy atom. The number of hydrogen-bond donors (Lipinski definition) is 2. The van der Waals surface area contributed by atoms with Crippen LogP contribution in [0, 0.1) is 11.3 Å². The van der Waals surface area contributed by atoms with Crippen LogP contribution in [0.15, 0.2) is 30.6 Å². The summed E-state index contributed by atoms with van der Waals surface area (Å²) < 4.78 is 7.59. The highest BCUT2D eigenvalue weighted by molar-refractivity contribution is 5.79. The first-order valence-corrected chi connectivity index (χ1v) is 6.96. The molecule has 0 unspecified atom stereocenters. The summed E-state index contributed by atoms with van der Waals surface area (Å²) in [5.74, 6) is 2.25. The molecule has 0 spiro atoms. The Kier molecular flexibility index (Phi) is 4.92. The number of amidine groups is 1. The molecular weight excluding hydrogens is 266 g/mol. The summed E-state index contributed by atoms with van der Waals surface area (Å²) in [6.07, 6.45) is 2.01. The van der Waals surface area contributed by atoms with Crippen molar-refractivity contribution in [2.45, 2.75) is 33.4 Å². The smallest absolute Gasteiger partial charge is 0.164 e. The van der Waals surface area contributed by atoms with Crippen LogP contribution in [0.25, 0.3) is 0 Å². The molecule has 0 aliphatic carbocycles. The average molecular weight is 287 g/mol. The molecule has 0 bridgehead atoms. The van der Waals surface area contributed by atoms with E-state index in [4.69, 9.17) is 15.9 Å². The summed E-state index contributed by atoms with van der Waals surface area (Å²) in [5.41, 5.74) is 6.37. The highest BCUT2D eigenvalue weighted by Gasteiger charge is 2.07. The van der Waals surface area contributed by atoms with Crippen LogP contribution >= 0.6 is 0 Å². The molecule has 3 N–H and O–H groups in total. The van der Waals surface area contributed by atoms with Crippen LogP contribution in [-0.4, -0.2) is 20.6 Å². The van der Waals surface area contributed by atoms with Crippen molar-refractivity contribution in [3.8, 4) is 5.75 Å². The second kappa shape index (κ2) is 6.88. The van der Waals surface area contributed by atoms with E-state index in [0.717, 1.165) is 23.7 Å². The molecule has 2 rings (SSSR count). The zero-order valence-electron chi connectivity index (χ0n) is 12.4. The van der Waals surface area contributed by atoms with Crippen molar-refractivity contribution in [1.82, 2.24) is 14.8 Å². The van der Waals surface area contributed by atoms with Crippen molar-refractivity contribution in [1.29, 1.82) is 5.41 Å². The number of ether oxygens (including phenoxy) is 1. The minimum Gasteiger partial charge on any atom is -0.486 e. The van der Waals surface area contributed by atoms with Crippen LogP contribution in [-0.2, 0) is 19.6 Å². The highest BCUT2D eigenvalue weighted by atomic mass is 16.5. The Hall–Kier alpha value is -2.37. The average Bonchev–Trinajstić information content (AvgIpc) is 2.84. The van der Waals surface area contributed by atoms with Gasteiger partial charge in [0, 0.05) is 13.0 Å². The third kappa shape index (κ3) is 4.59. The minimum absolute atomic E-state index is 0.158. The van der Waals surface area contributed by atoms with Gasteiger partial charge in [0.15, 0.2) is 5.82 Å². The lowest BCUT2D eigenvalue weighted by atomic mass is 10.1. The lowest BCUT2D eigenvalue weighted by molar-refractivity contribution is 0.282. The fraction of sp³-hybridized carbons (Fsp3) is 0.400. The predicted octanol–water partition coefficient (Wildman–Crippen LogP) is 1.99. The van der Waals surface area contributed by atoms with E-state index in [1.807, 2.05) is 28.9 Å². The van der Waals surface area contributed by atoms with Gasteiger partial charge in [-0.15, -0.1) is 0 Å². The topological polar surface area (TPSA) is 89.8 Å². The quantitative estimate of drug-likeness (QED) is 0.602. The molecule has 0 aliphatic rings. The van der Waals surface area contributed by atoms with Crippen molar-refractivity contribution in [3.05, 3.63) is 42.0 Å². The Morgan fingerprint density at radius 3 is 2.67 bits per heavy atom. The van der Waals surface area contributed by atoms with Gasteiger partial charge in [0.25, 0.3) is 0 Å². The van der Waals surface area contributed by atoms with Gasteiger partial charge in [-0.25, -0.2) is 9.67 Å². The minimum atomic E-state index is 0.158. The van der Waals surface area contributed by atoms with Gasteiger partial charge in [0.05, 0.1) is 5.84 Å². The van der Waals surface area contributed by atoms with Crippen molar-refractivity contribution >= 4 is 5.84 Å². The maximum atomic E-state index is 7.27. The van der Waals surface area contributed by atoms with Crippen LogP contribution in [0.1, 0.15) is 25.2 Å². The number of nitrogens with zero attached hydrogens (tertiary/aromatic N) is 3. The van der Waals surface area contributed by atoms with Crippen molar-refractivity contribution in [3.63, 3.8) is 0 Å². The van der Waals surface area contributed by atoms with Crippen molar-refractivity contribution < 1.29 is 4.74 Å². The van der Waals surface area contributed by atoms with Crippen LogP contribution in [0.2, 0.25) is 0 Å². The SMILES string of the molecule is CC(C)Cn1ncnc1COc1ccc(CC(=N)N)cc1. The van der Waals surface area contributed by atoms with Crippen molar-refractivity contribution in [2.24, 2.45) is 11.7 Å². The fourth-order valence-corrected chi connectivity index (χ4v) is 1.97. The maximum Gasteiger partial charge on any atom is 0.164 e. The van der Waals surface area contributed by atoms with Gasteiger partial charge in [-0.05, 0) is 23.6 Å². The lowest BCUT2D eigenvalue weighted by Gasteiger charge is -2.10. The van der Waals surface area contributed by atoms with E-state index in [2.05, 4.69) is 23.9 Å². The Bertz CT molecular complexity index is 588. The largest absolute Gasteiger partial charge is 0.486 e. The monoisotopic (exact) mass is 287 g/mol. The molecule has 6 nitrogen and oxygen atoms in total. The van der Waals surface area contributed by atoms with Crippen LogP contribution in [0.3, 0.4) is 0 Å². The molecule has 1 aromatic carbocycles. The number of benzene rings is 1. The Labute approximate surface area is 124 Å². The number of aromatic nitrogens is 3. The third-order valence-electron chi connectivity index (χ3n) is 2.92. The molecule has 1 aromatic heterocycles. The summed E-state index contributed by atoms with van der Waals surface area (Å²) in [6.45, 7) is 5.50. The summed E-state index contributed by atoms with van der Waals surface area (Å²) >= 11 is 0. The first-order chi connectivity index (χ1) is 10.0. The molecule has 6 heteroatoms. The highest BCUT2D eigenvalue weighted by Crippen LogP contribution is 2.14. The molecule has 21 heavy (non-hydrogen) atoms. The summed E-state index contributed by atoms with van der Waals surface area (Å²) in [6, 6.07) is 7.58. The summed E-state index contributed by atoms with van der Waals surface area (Å²) in [5, 5.41) is 11.5. The van der Waals surface area contributed by atoms with E-state index in [1.165, 1.54) is 0 Å².